The van der Waals surface area contributed by atoms with Gasteiger partial charge in [0.05, 0.1) is 16.0 Å². The summed E-state index contributed by atoms with van der Waals surface area (Å²) in [6.07, 6.45) is 7.44. The smallest absolute Gasteiger partial charge is 0.292 e. The summed E-state index contributed by atoms with van der Waals surface area (Å²) in [5.74, 6) is 1.04. The van der Waals surface area contributed by atoms with Gasteiger partial charge in [0.1, 0.15) is 5.69 Å². The number of hydrogen-bond acceptors (Lipinski definition) is 5. The summed E-state index contributed by atoms with van der Waals surface area (Å²) in [5.41, 5.74) is 6.34. The molecule has 0 aliphatic heterocycles. The molecule has 0 amide bonds. The van der Waals surface area contributed by atoms with Crippen LogP contribution in [-0.2, 0) is 7.05 Å². The van der Waals surface area contributed by atoms with E-state index in [1.807, 2.05) is 0 Å². The van der Waals surface area contributed by atoms with Gasteiger partial charge in [-0.2, -0.15) is 5.10 Å². The van der Waals surface area contributed by atoms with E-state index in [0.717, 1.165) is 5.92 Å². The predicted molar refractivity (Wildman–Crippen MR) is 116 cm³/mol. The lowest BCUT2D eigenvalue weighted by molar-refractivity contribution is -0.383. The first-order valence-electron chi connectivity index (χ1n) is 9.89. The lowest BCUT2D eigenvalue weighted by atomic mass is 9.91. The van der Waals surface area contributed by atoms with Crippen LogP contribution in [0.3, 0.4) is 0 Å². The van der Waals surface area contributed by atoms with Crippen LogP contribution in [-0.4, -0.2) is 14.7 Å². The van der Waals surface area contributed by atoms with Crippen LogP contribution in [0.25, 0.3) is 22.0 Å². The third-order valence-electron chi connectivity index (χ3n) is 5.35. The van der Waals surface area contributed by atoms with Crippen molar-refractivity contribution in [3.8, 4) is 11.3 Å². The zero-order valence-electron chi connectivity index (χ0n) is 16.8. The van der Waals surface area contributed by atoms with E-state index in [-0.39, 0.29) is 16.9 Å². The summed E-state index contributed by atoms with van der Waals surface area (Å²) in [5, 5.41) is 16.4. The lowest BCUT2D eigenvalue weighted by Gasteiger charge is -2.15. The molecule has 0 unspecified atom stereocenters. The van der Waals surface area contributed by atoms with Gasteiger partial charge in [0.15, 0.2) is 0 Å². The van der Waals surface area contributed by atoms with Crippen molar-refractivity contribution < 1.29 is 4.92 Å². The highest BCUT2D eigenvalue weighted by atomic mass is 16.6. The molecular formula is C22H26N4O3. The molecule has 0 bridgehead atoms. The van der Waals surface area contributed by atoms with Crippen LogP contribution in [0.5, 0.6) is 0 Å². The van der Waals surface area contributed by atoms with Crippen molar-refractivity contribution in [2.45, 2.75) is 39.0 Å². The minimum absolute atomic E-state index is 0.0860. The second kappa shape index (κ2) is 8.86. The molecule has 29 heavy (non-hydrogen) atoms. The Morgan fingerprint density at radius 3 is 2.34 bits per heavy atom. The van der Waals surface area contributed by atoms with E-state index >= 15 is 0 Å². The summed E-state index contributed by atoms with van der Waals surface area (Å²) < 4.78 is 1.22. The normalized spacial score (nSPS) is 14.3. The molecule has 7 nitrogen and oxygen atoms in total. The standard InChI is InChI=1S/C15H12N4O3.C7H14/c1-18-15(20)11-5-3-2-4-10(11)14(17-18)9-6-7-12(16)13(8-9)19(21)22;1-7-5-3-2-4-6-7/h2-8H,16H2,1H3;7H,2-6H2,1H3. The molecule has 1 heterocycles. The zero-order chi connectivity index (χ0) is 21.0. The van der Waals surface area contributed by atoms with Gasteiger partial charge < -0.3 is 5.73 Å². The van der Waals surface area contributed by atoms with E-state index in [1.165, 1.54) is 48.9 Å². The third-order valence-corrected chi connectivity index (χ3v) is 5.35. The zero-order valence-corrected chi connectivity index (χ0v) is 16.8. The first-order valence-corrected chi connectivity index (χ1v) is 9.89. The summed E-state index contributed by atoms with van der Waals surface area (Å²) in [4.78, 5) is 22.6. The van der Waals surface area contributed by atoms with Gasteiger partial charge in [-0.05, 0) is 18.1 Å². The topological polar surface area (TPSA) is 104 Å². The molecule has 152 valence electrons. The lowest BCUT2D eigenvalue weighted by Crippen LogP contribution is -2.20. The van der Waals surface area contributed by atoms with Gasteiger partial charge in [0.25, 0.3) is 11.2 Å². The number of nitro groups is 1. The van der Waals surface area contributed by atoms with Crippen molar-refractivity contribution in [3.05, 3.63) is 62.9 Å². The summed E-state index contributed by atoms with van der Waals surface area (Å²) in [6.45, 7) is 2.36. The fraction of sp³-hybridized carbons (Fsp3) is 0.364. The molecule has 0 saturated heterocycles. The molecule has 1 aromatic heterocycles. The molecule has 0 radical (unpaired) electrons. The fourth-order valence-corrected chi connectivity index (χ4v) is 3.67. The number of benzene rings is 2. The van der Waals surface area contributed by atoms with Gasteiger partial charge in [-0.1, -0.05) is 63.3 Å². The SMILES string of the molecule is CC1CCCCC1.Cn1nc(-c2ccc(N)c([N+](=O)[O-])c2)c2ccccc2c1=O. The highest BCUT2D eigenvalue weighted by Gasteiger charge is 2.16. The number of anilines is 1. The average molecular weight is 394 g/mol. The molecule has 0 spiro atoms. The van der Waals surface area contributed by atoms with Crippen molar-refractivity contribution in [2.75, 3.05) is 5.73 Å². The number of fused-ring (bicyclic) bond motifs is 1. The molecule has 1 fully saturated rings. The van der Waals surface area contributed by atoms with Crippen LogP contribution in [0.1, 0.15) is 39.0 Å². The first kappa shape index (κ1) is 20.5. The van der Waals surface area contributed by atoms with Crippen molar-refractivity contribution in [1.82, 2.24) is 9.78 Å². The molecule has 1 aliphatic carbocycles. The number of aryl methyl sites for hydroxylation is 1. The van der Waals surface area contributed by atoms with Crippen molar-refractivity contribution in [3.63, 3.8) is 0 Å². The molecule has 1 aliphatic rings. The molecule has 2 N–H and O–H groups in total. The van der Waals surface area contributed by atoms with E-state index in [1.54, 1.807) is 37.4 Å². The van der Waals surface area contributed by atoms with Crippen LogP contribution < -0.4 is 11.3 Å². The molecule has 3 aromatic rings. The molecule has 4 rings (SSSR count). The van der Waals surface area contributed by atoms with E-state index in [0.29, 0.717) is 22.0 Å². The Bertz CT molecular complexity index is 1090. The van der Waals surface area contributed by atoms with Crippen molar-refractivity contribution >= 4 is 22.1 Å². The second-order valence-electron chi connectivity index (χ2n) is 7.60. The minimum atomic E-state index is -0.539. The number of nitrogen functional groups attached to an aromatic ring is 1. The van der Waals surface area contributed by atoms with Gasteiger partial charge in [-0.3, -0.25) is 14.9 Å². The van der Waals surface area contributed by atoms with Crippen LogP contribution >= 0.6 is 0 Å². The maximum atomic E-state index is 12.1. The molecule has 0 atom stereocenters. The number of nitro benzene ring substituents is 1. The Hall–Kier alpha value is -3.22. The Labute approximate surface area is 169 Å². The molecular weight excluding hydrogens is 368 g/mol. The van der Waals surface area contributed by atoms with Crippen LogP contribution in [0.2, 0.25) is 0 Å². The van der Waals surface area contributed by atoms with Gasteiger partial charge in [-0.15, -0.1) is 0 Å². The maximum Gasteiger partial charge on any atom is 0.292 e. The Morgan fingerprint density at radius 1 is 1.10 bits per heavy atom. The van der Waals surface area contributed by atoms with Crippen LogP contribution in [0.4, 0.5) is 11.4 Å². The van der Waals surface area contributed by atoms with Gasteiger partial charge in [0.2, 0.25) is 0 Å². The maximum absolute atomic E-state index is 12.1. The summed E-state index contributed by atoms with van der Waals surface area (Å²) in [7, 11) is 1.55. The van der Waals surface area contributed by atoms with E-state index < -0.39 is 4.92 Å². The quantitative estimate of drug-likeness (QED) is 0.386. The highest BCUT2D eigenvalue weighted by molar-refractivity contribution is 5.94. The minimum Gasteiger partial charge on any atom is -0.393 e. The fourth-order valence-electron chi connectivity index (χ4n) is 3.67. The van der Waals surface area contributed by atoms with E-state index in [9.17, 15) is 14.9 Å². The Kier molecular flexibility index (Phi) is 6.26. The monoisotopic (exact) mass is 394 g/mol. The van der Waals surface area contributed by atoms with Crippen molar-refractivity contribution in [1.29, 1.82) is 0 Å². The average Bonchev–Trinajstić information content (AvgIpc) is 2.72. The largest absolute Gasteiger partial charge is 0.393 e. The van der Waals surface area contributed by atoms with Gasteiger partial charge >= 0.3 is 0 Å². The number of rotatable bonds is 2. The van der Waals surface area contributed by atoms with Gasteiger partial charge in [0, 0.05) is 24.1 Å². The van der Waals surface area contributed by atoms with Crippen molar-refractivity contribution in [2.24, 2.45) is 13.0 Å². The second-order valence-corrected chi connectivity index (χ2v) is 7.60. The third kappa shape index (κ3) is 4.62. The number of hydrogen-bond donors (Lipinski definition) is 1. The summed E-state index contributed by atoms with van der Waals surface area (Å²) >= 11 is 0. The molecule has 7 heteroatoms. The predicted octanol–water partition coefficient (Wildman–Crippen LogP) is 4.68. The van der Waals surface area contributed by atoms with Gasteiger partial charge in [-0.25, -0.2) is 4.68 Å². The number of nitrogens with zero attached hydrogens (tertiary/aromatic N) is 3. The van der Waals surface area contributed by atoms with Crippen LogP contribution in [0, 0.1) is 16.0 Å². The number of nitrogens with two attached hydrogens (primary N) is 1. The Balaban J connectivity index is 0.000000290. The van der Waals surface area contributed by atoms with Crippen LogP contribution in [0.15, 0.2) is 47.3 Å². The summed E-state index contributed by atoms with van der Waals surface area (Å²) in [6, 6.07) is 11.5. The highest BCUT2D eigenvalue weighted by Crippen LogP contribution is 2.30. The molecule has 1 saturated carbocycles. The van der Waals surface area contributed by atoms with E-state index in [2.05, 4.69) is 12.0 Å². The Morgan fingerprint density at radius 2 is 1.76 bits per heavy atom. The van der Waals surface area contributed by atoms with E-state index in [4.69, 9.17) is 5.73 Å². The number of aromatic nitrogens is 2. The first-order chi connectivity index (χ1) is 13.9. The molecule has 2 aromatic carbocycles.